The standard InChI is InChI=1S/C18H14ClN3O3/c1-11-10-16(25-22-11)18(24)21-15-5-3-2-4-14(15)17(23)20-13-8-6-12(19)7-9-13/h2-10H,1H3,(H,20,23)(H,21,24). The van der Waals surface area contributed by atoms with Gasteiger partial charge in [-0.25, -0.2) is 0 Å². The molecule has 0 aliphatic heterocycles. The molecule has 0 aliphatic carbocycles. The highest BCUT2D eigenvalue weighted by Gasteiger charge is 2.16. The number of nitrogens with zero attached hydrogens (tertiary/aromatic N) is 1. The number of carbonyl (C=O) groups is 2. The first kappa shape index (κ1) is 16.7. The number of halogens is 1. The van der Waals surface area contributed by atoms with Gasteiger partial charge in [0, 0.05) is 16.8 Å². The van der Waals surface area contributed by atoms with Gasteiger partial charge in [-0.2, -0.15) is 0 Å². The maximum atomic E-state index is 12.5. The fraction of sp³-hybridized carbons (Fsp3) is 0.0556. The fourth-order valence-corrected chi connectivity index (χ4v) is 2.30. The van der Waals surface area contributed by atoms with Crippen LogP contribution in [0.15, 0.2) is 59.1 Å². The van der Waals surface area contributed by atoms with Crippen molar-refractivity contribution in [3.05, 3.63) is 76.6 Å². The first-order valence-electron chi connectivity index (χ1n) is 7.43. The molecule has 0 fully saturated rings. The Morgan fingerprint density at radius 3 is 2.40 bits per heavy atom. The lowest BCUT2D eigenvalue weighted by Gasteiger charge is -2.10. The second-order valence-electron chi connectivity index (χ2n) is 5.29. The molecule has 1 aromatic heterocycles. The molecule has 0 spiro atoms. The fourth-order valence-electron chi connectivity index (χ4n) is 2.18. The molecule has 0 bridgehead atoms. The molecule has 6 nitrogen and oxygen atoms in total. The molecule has 3 rings (SSSR count). The highest BCUT2D eigenvalue weighted by molar-refractivity contribution is 6.30. The molecular formula is C18H14ClN3O3. The second-order valence-corrected chi connectivity index (χ2v) is 5.73. The van der Waals surface area contributed by atoms with Crippen LogP contribution in [0.25, 0.3) is 0 Å². The van der Waals surface area contributed by atoms with E-state index in [9.17, 15) is 9.59 Å². The van der Waals surface area contributed by atoms with Gasteiger partial charge in [-0.15, -0.1) is 0 Å². The summed E-state index contributed by atoms with van der Waals surface area (Å²) in [6.07, 6.45) is 0. The minimum atomic E-state index is -0.479. The monoisotopic (exact) mass is 355 g/mol. The average molecular weight is 356 g/mol. The zero-order chi connectivity index (χ0) is 17.8. The Balaban J connectivity index is 1.79. The van der Waals surface area contributed by atoms with E-state index in [1.54, 1.807) is 55.5 Å². The molecule has 3 aromatic rings. The van der Waals surface area contributed by atoms with E-state index in [2.05, 4.69) is 15.8 Å². The van der Waals surface area contributed by atoms with Gasteiger partial charge in [0.25, 0.3) is 11.8 Å². The van der Waals surface area contributed by atoms with Crippen LogP contribution in [0.5, 0.6) is 0 Å². The van der Waals surface area contributed by atoms with Gasteiger partial charge >= 0.3 is 0 Å². The number of para-hydroxylation sites is 1. The minimum Gasteiger partial charge on any atom is -0.351 e. The number of hydrogen-bond acceptors (Lipinski definition) is 4. The highest BCUT2D eigenvalue weighted by Crippen LogP contribution is 2.19. The van der Waals surface area contributed by atoms with Crippen molar-refractivity contribution in [2.45, 2.75) is 6.92 Å². The summed E-state index contributed by atoms with van der Waals surface area (Å²) in [6, 6.07) is 15.0. The molecular weight excluding hydrogens is 342 g/mol. The van der Waals surface area contributed by atoms with Crippen molar-refractivity contribution in [2.24, 2.45) is 0 Å². The molecule has 0 atom stereocenters. The topological polar surface area (TPSA) is 84.2 Å². The number of amides is 2. The molecule has 0 saturated heterocycles. The zero-order valence-electron chi connectivity index (χ0n) is 13.2. The summed E-state index contributed by atoms with van der Waals surface area (Å²) < 4.78 is 4.93. The molecule has 0 unspecified atom stereocenters. The summed E-state index contributed by atoms with van der Waals surface area (Å²) in [6.45, 7) is 1.72. The Morgan fingerprint density at radius 1 is 1.00 bits per heavy atom. The maximum absolute atomic E-state index is 12.5. The smallest absolute Gasteiger partial charge is 0.294 e. The highest BCUT2D eigenvalue weighted by atomic mass is 35.5. The quantitative estimate of drug-likeness (QED) is 0.736. The maximum Gasteiger partial charge on any atom is 0.294 e. The van der Waals surface area contributed by atoms with Crippen LogP contribution in [0, 0.1) is 6.92 Å². The van der Waals surface area contributed by atoms with Crippen LogP contribution in [0.2, 0.25) is 5.02 Å². The van der Waals surface area contributed by atoms with Crippen LogP contribution < -0.4 is 10.6 Å². The predicted molar refractivity (Wildman–Crippen MR) is 95.0 cm³/mol. The number of hydrogen-bond donors (Lipinski definition) is 2. The summed E-state index contributed by atoms with van der Waals surface area (Å²) in [7, 11) is 0. The normalized spacial score (nSPS) is 10.3. The molecule has 7 heteroatoms. The lowest BCUT2D eigenvalue weighted by Crippen LogP contribution is -2.18. The van der Waals surface area contributed by atoms with E-state index < -0.39 is 5.91 Å². The van der Waals surface area contributed by atoms with Gasteiger partial charge in [-0.05, 0) is 43.3 Å². The van der Waals surface area contributed by atoms with Crippen LogP contribution >= 0.6 is 11.6 Å². The molecule has 0 radical (unpaired) electrons. The number of carbonyl (C=O) groups excluding carboxylic acids is 2. The minimum absolute atomic E-state index is 0.0745. The van der Waals surface area contributed by atoms with E-state index in [4.69, 9.17) is 16.1 Å². The van der Waals surface area contributed by atoms with E-state index >= 15 is 0 Å². The summed E-state index contributed by atoms with van der Waals surface area (Å²) in [5, 5.41) is 9.67. The van der Waals surface area contributed by atoms with Crippen molar-refractivity contribution in [2.75, 3.05) is 10.6 Å². The van der Waals surface area contributed by atoms with Gasteiger partial charge < -0.3 is 15.2 Å². The van der Waals surface area contributed by atoms with Gasteiger partial charge in [-0.3, -0.25) is 9.59 Å². The Labute approximate surface area is 148 Å². The van der Waals surface area contributed by atoms with Gasteiger partial charge in [0.1, 0.15) is 0 Å². The van der Waals surface area contributed by atoms with Crippen LogP contribution in [0.3, 0.4) is 0 Å². The van der Waals surface area contributed by atoms with Crippen molar-refractivity contribution >= 4 is 34.8 Å². The number of anilines is 2. The summed E-state index contributed by atoms with van der Waals surface area (Å²) >= 11 is 5.83. The van der Waals surface area contributed by atoms with E-state index in [1.165, 1.54) is 6.07 Å². The summed E-state index contributed by atoms with van der Waals surface area (Å²) in [4.78, 5) is 24.7. The van der Waals surface area contributed by atoms with Gasteiger partial charge in [0.2, 0.25) is 5.76 Å². The third-order valence-corrected chi connectivity index (χ3v) is 3.63. The van der Waals surface area contributed by atoms with E-state index in [0.717, 1.165) is 0 Å². The van der Waals surface area contributed by atoms with Crippen LogP contribution in [-0.4, -0.2) is 17.0 Å². The molecule has 126 valence electrons. The van der Waals surface area contributed by atoms with Crippen LogP contribution in [-0.2, 0) is 0 Å². The Morgan fingerprint density at radius 2 is 1.72 bits per heavy atom. The van der Waals surface area contributed by atoms with Gasteiger partial charge in [0.05, 0.1) is 16.9 Å². The van der Waals surface area contributed by atoms with Crippen molar-refractivity contribution in [1.82, 2.24) is 5.16 Å². The third-order valence-electron chi connectivity index (χ3n) is 3.37. The Bertz CT molecular complexity index is 919. The molecule has 1 heterocycles. The Hall–Kier alpha value is -3.12. The summed E-state index contributed by atoms with van der Waals surface area (Å²) in [5.74, 6) is -0.760. The second kappa shape index (κ2) is 7.19. The van der Waals surface area contributed by atoms with Crippen LogP contribution in [0.4, 0.5) is 11.4 Å². The summed E-state index contributed by atoms with van der Waals surface area (Å²) in [5.41, 5.74) is 1.88. The SMILES string of the molecule is Cc1cc(C(=O)Nc2ccccc2C(=O)Nc2ccc(Cl)cc2)on1. The third kappa shape index (κ3) is 4.05. The van der Waals surface area contributed by atoms with Crippen molar-refractivity contribution in [1.29, 1.82) is 0 Å². The van der Waals surface area contributed by atoms with Gasteiger partial charge in [0.15, 0.2) is 0 Å². The molecule has 2 aromatic carbocycles. The molecule has 2 N–H and O–H groups in total. The van der Waals surface area contributed by atoms with E-state index in [0.29, 0.717) is 27.7 Å². The number of benzene rings is 2. The molecule has 2 amide bonds. The number of aryl methyl sites for hydroxylation is 1. The molecule has 0 saturated carbocycles. The first-order chi connectivity index (χ1) is 12.0. The number of aromatic nitrogens is 1. The van der Waals surface area contributed by atoms with E-state index in [-0.39, 0.29) is 11.7 Å². The van der Waals surface area contributed by atoms with Crippen molar-refractivity contribution < 1.29 is 14.1 Å². The zero-order valence-corrected chi connectivity index (χ0v) is 14.0. The van der Waals surface area contributed by atoms with E-state index in [1.807, 2.05) is 0 Å². The first-order valence-corrected chi connectivity index (χ1v) is 7.81. The predicted octanol–water partition coefficient (Wildman–Crippen LogP) is 4.14. The van der Waals surface area contributed by atoms with Crippen molar-refractivity contribution in [3.63, 3.8) is 0 Å². The molecule has 25 heavy (non-hydrogen) atoms. The van der Waals surface area contributed by atoms with Gasteiger partial charge in [-0.1, -0.05) is 28.9 Å². The Kier molecular flexibility index (Phi) is 4.81. The number of nitrogens with one attached hydrogen (secondary N) is 2. The lowest BCUT2D eigenvalue weighted by atomic mass is 10.1. The number of rotatable bonds is 4. The van der Waals surface area contributed by atoms with Crippen LogP contribution in [0.1, 0.15) is 26.6 Å². The largest absolute Gasteiger partial charge is 0.351 e. The van der Waals surface area contributed by atoms with Crippen molar-refractivity contribution in [3.8, 4) is 0 Å². The average Bonchev–Trinajstić information content (AvgIpc) is 3.04. The molecule has 0 aliphatic rings. The lowest BCUT2D eigenvalue weighted by molar-refractivity contribution is 0.0988.